The predicted molar refractivity (Wildman–Crippen MR) is 73.7 cm³/mol. The second kappa shape index (κ2) is 4.70. The Balaban J connectivity index is 1.92. The van der Waals surface area contributed by atoms with Gasteiger partial charge in [-0.25, -0.2) is 9.67 Å². The van der Waals surface area contributed by atoms with E-state index in [2.05, 4.69) is 15.1 Å². The molecule has 5 nitrogen and oxygen atoms in total. The van der Waals surface area contributed by atoms with Crippen LogP contribution in [0.1, 0.15) is 18.8 Å². The van der Waals surface area contributed by atoms with Crippen LogP contribution in [0, 0.1) is 0 Å². The van der Waals surface area contributed by atoms with Crippen molar-refractivity contribution in [1.82, 2.24) is 19.7 Å². The fourth-order valence-electron chi connectivity index (χ4n) is 1.90. The lowest BCUT2D eigenvalue weighted by molar-refractivity contribution is 0.756. The number of para-hydroxylation sites is 1. The van der Waals surface area contributed by atoms with Gasteiger partial charge in [0, 0.05) is 11.8 Å². The number of imidazole rings is 1. The summed E-state index contributed by atoms with van der Waals surface area (Å²) in [6, 6.07) is 9.88. The topological polar surface area (TPSA) is 72.5 Å². The second-order valence-corrected chi connectivity index (χ2v) is 4.48. The first-order chi connectivity index (χ1) is 9.24. The van der Waals surface area contributed by atoms with Crippen molar-refractivity contribution in [3.63, 3.8) is 0 Å². The van der Waals surface area contributed by atoms with Crippen LogP contribution in [0.25, 0.3) is 16.9 Å². The third-order valence-electron chi connectivity index (χ3n) is 2.94. The molecule has 0 amide bonds. The summed E-state index contributed by atoms with van der Waals surface area (Å²) in [5.74, 6) is 0.780. The number of benzene rings is 1. The highest BCUT2D eigenvalue weighted by atomic mass is 15.3. The summed E-state index contributed by atoms with van der Waals surface area (Å²) in [6.07, 6.45) is 5.56. The number of hydrogen-bond acceptors (Lipinski definition) is 3. The van der Waals surface area contributed by atoms with E-state index in [9.17, 15) is 0 Å². The number of hydrogen-bond donors (Lipinski definition) is 2. The lowest BCUT2D eigenvalue weighted by Crippen LogP contribution is -2.06. The molecule has 0 bridgehead atoms. The maximum atomic E-state index is 5.79. The molecule has 0 saturated carbocycles. The van der Waals surface area contributed by atoms with Crippen LogP contribution >= 0.6 is 0 Å². The van der Waals surface area contributed by atoms with Crippen molar-refractivity contribution in [3.8, 4) is 16.9 Å². The molecule has 0 spiro atoms. The Labute approximate surface area is 111 Å². The largest absolute Gasteiger partial charge is 0.341 e. The number of aromatic amines is 1. The molecule has 2 aromatic heterocycles. The molecule has 1 atom stereocenters. The van der Waals surface area contributed by atoms with Gasteiger partial charge >= 0.3 is 0 Å². The van der Waals surface area contributed by atoms with E-state index < -0.39 is 0 Å². The molecule has 2 heterocycles. The van der Waals surface area contributed by atoms with Gasteiger partial charge in [0.1, 0.15) is 5.82 Å². The molecule has 0 aliphatic carbocycles. The number of nitrogens with one attached hydrogen (secondary N) is 1. The van der Waals surface area contributed by atoms with Gasteiger partial charge in [0.15, 0.2) is 0 Å². The quantitative estimate of drug-likeness (QED) is 0.752. The minimum Gasteiger partial charge on any atom is -0.341 e. The van der Waals surface area contributed by atoms with E-state index in [0.29, 0.717) is 0 Å². The van der Waals surface area contributed by atoms with Crippen LogP contribution in [0.5, 0.6) is 0 Å². The average molecular weight is 253 g/mol. The molecule has 19 heavy (non-hydrogen) atoms. The number of rotatable bonds is 3. The van der Waals surface area contributed by atoms with E-state index in [4.69, 9.17) is 5.73 Å². The third kappa shape index (κ3) is 2.28. The highest BCUT2D eigenvalue weighted by molar-refractivity contribution is 5.57. The highest BCUT2D eigenvalue weighted by Crippen LogP contribution is 2.19. The van der Waals surface area contributed by atoms with Crippen LogP contribution in [0.15, 0.2) is 48.9 Å². The monoisotopic (exact) mass is 253 g/mol. The summed E-state index contributed by atoms with van der Waals surface area (Å²) in [5.41, 5.74) is 8.73. The SMILES string of the molecule is CC(N)c1ncc(-c2cnn(-c3ccccc3)c2)[nH]1. The number of nitrogens with two attached hydrogens (primary N) is 1. The van der Waals surface area contributed by atoms with E-state index in [1.54, 1.807) is 6.20 Å². The van der Waals surface area contributed by atoms with E-state index in [-0.39, 0.29) is 6.04 Å². The third-order valence-corrected chi connectivity index (χ3v) is 2.94. The normalized spacial score (nSPS) is 12.5. The van der Waals surface area contributed by atoms with Crippen LogP contribution in [0.4, 0.5) is 0 Å². The molecular weight excluding hydrogens is 238 g/mol. The Morgan fingerprint density at radius 3 is 2.68 bits per heavy atom. The summed E-state index contributed by atoms with van der Waals surface area (Å²) in [7, 11) is 0. The molecule has 1 aromatic carbocycles. The van der Waals surface area contributed by atoms with Gasteiger partial charge in [-0.15, -0.1) is 0 Å². The zero-order valence-electron chi connectivity index (χ0n) is 10.6. The fourth-order valence-corrected chi connectivity index (χ4v) is 1.90. The van der Waals surface area contributed by atoms with Crippen LogP contribution in [-0.4, -0.2) is 19.7 Å². The Bertz CT molecular complexity index is 666. The first-order valence-corrected chi connectivity index (χ1v) is 6.15. The van der Waals surface area contributed by atoms with Gasteiger partial charge in [-0.05, 0) is 19.1 Å². The zero-order chi connectivity index (χ0) is 13.2. The molecule has 0 aliphatic heterocycles. The van der Waals surface area contributed by atoms with Gasteiger partial charge in [0.05, 0.1) is 29.8 Å². The Kier molecular flexibility index (Phi) is 2.89. The van der Waals surface area contributed by atoms with Crippen LogP contribution in [0.3, 0.4) is 0 Å². The van der Waals surface area contributed by atoms with Crippen molar-refractivity contribution >= 4 is 0 Å². The van der Waals surface area contributed by atoms with E-state index >= 15 is 0 Å². The molecule has 3 aromatic rings. The molecule has 0 radical (unpaired) electrons. The number of nitrogens with zero attached hydrogens (tertiary/aromatic N) is 3. The van der Waals surface area contributed by atoms with Crippen molar-refractivity contribution < 1.29 is 0 Å². The van der Waals surface area contributed by atoms with Gasteiger partial charge in [-0.2, -0.15) is 5.10 Å². The summed E-state index contributed by atoms with van der Waals surface area (Å²) in [5, 5.41) is 4.35. The Morgan fingerprint density at radius 2 is 2.00 bits per heavy atom. The first kappa shape index (κ1) is 11.7. The predicted octanol–water partition coefficient (Wildman–Crippen LogP) is 2.28. The molecule has 0 fully saturated rings. The smallest absolute Gasteiger partial charge is 0.123 e. The van der Waals surface area contributed by atoms with Crippen molar-refractivity contribution in [2.45, 2.75) is 13.0 Å². The van der Waals surface area contributed by atoms with Gasteiger partial charge in [0.25, 0.3) is 0 Å². The maximum Gasteiger partial charge on any atom is 0.123 e. The molecule has 0 aliphatic rings. The standard InChI is InChI=1S/C14H15N5/c1-10(15)14-16-8-13(18-14)11-7-17-19(9-11)12-5-3-2-4-6-12/h2-10H,15H2,1H3,(H,16,18). The maximum absolute atomic E-state index is 5.79. The van der Waals surface area contributed by atoms with Crippen LogP contribution in [0.2, 0.25) is 0 Å². The van der Waals surface area contributed by atoms with Crippen molar-refractivity contribution in [1.29, 1.82) is 0 Å². The lowest BCUT2D eigenvalue weighted by atomic mass is 10.3. The molecule has 5 heteroatoms. The molecule has 0 saturated heterocycles. The molecule has 3 N–H and O–H groups in total. The Hall–Kier alpha value is -2.40. The molecular formula is C14H15N5. The van der Waals surface area contributed by atoms with E-state index in [1.165, 1.54) is 0 Å². The van der Waals surface area contributed by atoms with Crippen LogP contribution in [-0.2, 0) is 0 Å². The summed E-state index contributed by atoms with van der Waals surface area (Å²) in [4.78, 5) is 7.46. The second-order valence-electron chi connectivity index (χ2n) is 4.48. The van der Waals surface area contributed by atoms with Gasteiger partial charge < -0.3 is 10.7 Å². The summed E-state index contributed by atoms with van der Waals surface area (Å²) in [6.45, 7) is 1.90. The average Bonchev–Trinajstić information content (AvgIpc) is 3.09. The van der Waals surface area contributed by atoms with Gasteiger partial charge in [0.2, 0.25) is 0 Å². The number of H-pyrrole nitrogens is 1. The summed E-state index contributed by atoms with van der Waals surface area (Å²) < 4.78 is 1.84. The van der Waals surface area contributed by atoms with Crippen molar-refractivity contribution in [2.75, 3.05) is 0 Å². The van der Waals surface area contributed by atoms with Gasteiger partial charge in [-0.3, -0.25) is 0 Å². The zero-order valence-corrected chi connectivity index (χ0v) is 10.6. The van der Waals surface area contributed by atoms with E-state index in [0.717, 1.165) is 22.8 Å². The Morgan fingerprint density at radius 1 is 1.21 bits per heavy atom. The van der Waals surface area contributed by atoms with Crippen molar-refractivity contribution in [2.24, 2.45) is 5.73 Å². The van der Waals surface area contributed by atoms with Crippen molar-refractivity contribution in [3.05, 3.63) is 54.7 Å². The van der Waals surface area contributed by atoms with Crippen LogP contribution < -0.4 is 5.73 Å². The minimum absolute atomic E-state index is 0.0991. The minimum atomic E-state index is -0.0991. The summed E-state index contributed by atoms with van der Waals surface area (Å²) >= 11 is 0. The van der Waals surface area contributed by atoms with Gasteiger partial charge in [-0.1, -0.05) is 18.2 Å². The number of aromatic nitrogens is 4. The first-order valence-electron chi connectivity index (χ1n) is 6.15. The lowest BCUT2D eigenvalue weighted by Gasteiger charge is -1.99. The fraction of sp³-hybridized carbons (Fsp3) is 0.143. The molecule has 96 valence electrons. The van der Waals surface area contributed by atoms with E-state index in [1.807, 2.05) is 54.3 Å². The molecule has 1 unspecified atom stereocenters. The molecule has 3 rings (SSSR count). The highest BCUT2D eigenvalue weighted by Gasteiger charge is 2.08.